The summed E-state index contributed by atoms with van der Waals surface area (Å²) in [4.78, 5) is 11.4. The zero-order valence-electron chi connectivity index (χ0n) is 13.8. The van der Waals surface area contributed by atoms with E-state index >= 15 is 0 Å². The van der Waals surface area contributed by atoms with Crippen molar-refractivity contribution in [3.8, 4) is 5.75 Å². The molecule has 1 aliphatic carbocycles. The van der Waals surface area contributed by atoms with Crippen molar-refractivity contribution in [3.05, 3.63) is 41.0 Å². The fourth-order valence-electron chi connectivity index (χ4n) is 3.13. The van der Waals surface area contributed by atoms with E-state index in [4.69, 9.17) is 17.0 Å². The van der Waals surface area contributed by atoms with Crippen molar-refractivity contribution in [1.29, 1.82) is 0 Å². The highest BCUT2D eigenvalue weighted by Gasteiger charge is 2.20. The van der Waals surface area contributed by atoms with Gasteiger partial charge >= 0.3 is 0 Å². The van der Waals surface area contributed by atoms with E-state index in [0.29, 0.717) is 5.11 Å². The summed E-state index contributed by atoms with van der Waals surface area (Å²) < 4.78 is 5.17. The van der Waals surface area contributed by atoms with Gasteiger partial charge < -0.3 is 15.4 Å². The second-order valence-corrected chi connectivity index (χ2v) is 7.41. The van der Waals surface area contributed by atoms with E-state index in [1.807, 2.05) is 24.3 Å². The van der Waals surface area contributed by atoms with Crippen LogP contribution in [0.3, 0.4) is 0 Å². The Morgan fingerprint density at radius 1 is 1.12 bits per heavy atom. The van der Waals surface area contributed by atoms with Crippen LogP contribution in [-0.4, -0.2) is 22.2 Å². The van der Waals surface area contributed by atoms with Gasteiger partial charge in [0.25, 0.3) is 0 Å². The lowest BCUT2D eigenvalue weighted by Gasteiger charge is -2.13. The van der Waals surface area contributed by atoms with Crippen LogP contribution in [0.4, 0.5) is 11.5 Å². The molecule has 0 amide bonds. The summed E-state index contributed by atoms with van der Waals surface area (Å²) in [5, 5.41) is 8.07. The van der Waals surface area contributed by atoms with Gasteiger partial charge in [0.2, 0.25) is 0 Å². The number of rotatable bonds is 3. The molecule has 128 valence electrons. The number of methoxy groups -OCH3 is 1. The largest absolute Gasteiger partial charge is 0.497 e. The minimum absolute atomic E-state index is 0.515. The fourth-order valence-corrected chi connectivity index (χ4v) is 4.57. The van der Waals surface area contributed by atoms with E-state index in [9.17, 15) is 0 Å². The van der Waals surface area contributed by atoms with Gasteiger partial charge in [-0.25, -0.2) is 9.97 Å². The van der Waals surface area contributed by atoms with E-state index < -0.39 is 0 Å². The lowest BCUT2D eigenvalue weighted by atomic mass is 9.97. The Morgan fingerprint density at radius 2 is 1.92 bits per heavy atom. The first-order chi connectivity index (χ1) is 12.2. The van der Waals surface area contributed by atoms with Crippen LogP contribution in [-0.2, 0) is 12.8 Å². The average Bonchev–Trinajstić information content (AvgIpc) is 3.02. The van der Waals surface area contributed by atoms with Crippen LogP contribution in [0.1, 0.15) is 23.3 Å². The van der Waals surface area contributed by atoms with Gasteiger partial charge in [-0.05, 0) is 67.7 Å². The molecule has 2 heterocycles. The molecular formula is C18H18N4OS2. The third kappa shape index (κ3) is 3.29. The quantitative estimate of drug-likeness (QED) is 0.667. The molecule has 0 bridgehead atoms. The van der Waals surface area contributed by atoms with Crippen molar-refractivity contribution in [2.24, 2.45) is 0 Å². The number of thiophene rings is 1. The van der Waals surface area contributed by atoms with Crippen molar-refractivity contribution in [2.45, 2.75) is 25.7 Å². The van der Waals surface area contributed by atoms with E-state index in [0.717, 1.165) is 40.3 Å². The number of thiocarbonyl (C=S) groups is 1. The maximum Gasteiger partial charge on any atom is 0.176 e. The van der Waals surface area contributed by atoms with Crippen LogP contribution in [0.5, 0.6) is 5.75 Å². The Labute approximate surface area is 155 Å². The number of anilines is 2. The average molecular weight is 371 g/mol. The van der Waals surface area contributed by atoms with Gasteiger partial charge in [0, 0.05) is 10.6 Å². The molecule has 5 nitrogen and oxygen atoms in total. The number of nitrogens with zero attached hydrogens (tertiary/aromatic N) is 2. The van der Waals surface area contributed by atoms with Crippen molar-refractivity contribution >= 4 is 50.4 Å². The highest BCUT2D eigenvalue weighted by atomic mass is 32.1. The Balaban J connectivity index is 1.57. The molecule has 1 aromatic carbocycles. The standard InChI is InChI=1S/C18H18N4OS2/c1-23-12-8-6-11(7-9-12)21-18(24)22-16-15-13-4-2-3-5-14(13)25-17(15)20-10-19-16/h6-10H,2-5H2,1H3,(H2,19,20,21,22,24). The minimum Gasteiger partial charge on any atom is -0.497 e. The second-order valence-electron chi connectivity index (χ2n) is 5.92. The molecule has 25 heavy (non-hydrogen) atoms. The molecule has 0 atom stereocenters. The van der Waals surface area contributed by atoms with Crippen LogP contribution in [0.2, 0.25) is 0 Å². The number of aryl methyl sites for hydroxylation is 2. The van der Waals surface area contributed by atoms with Crippen LogP contribution in [0.15, 0.2) is 30.6 Å². The molecule has 2 N–H and O–H groups in total. The number of benzene rings is 1. The van der Waals surface area contributed by atoms with Gasteiger partial charge in [-0.15, -0.1) is 11.3 Å². The van der Waals surface area contributed by atoms with Gasteiger partial charge in [0.1, 0.15) is 22.7 Å². The number of fused-ring (bicyclic) bond motifs is 3. The Bertz CT molecular complexity index is 921. The first-order valence-corrected chi connectivity index (χ1v) is 9.44. The first kappa shape index (κ1) is 16.2. The second kappa shape index (κ2) is 6.93. The number of hydrogen-bond acceptors (Lipinski definition) is 5. The van der Waals surface area contributed by atoms with Crippen molar-refractivity contribution in [2.75, 3.05) is 17.7 Å². The number of ether oxygens (including phenoxy) is 1. The van der Waals surface area contributed by atoms with E-state index in [2.05, 4.69) is 20.6 Å². The number of aromatic nitrogens is 2. The molecule has 4 rings (SSSR count). The molecular weight excluding hydrogens is 352 g/mol. The highest BCUT2D eigenvalue weighted by molar-refractivity contribution is 7.80. The predicted octanol–water partition coefficient (Wildman–Crippen LogP) is 4.39. The first-order valence-electron chi connectivity index (χ1n) is 8.22. The zero-order valence-corrected chi connectivity index (χ0v) is 15.5. The van der Waals surface area contributed by atoms with Gasteiger partial charge in [-0.3, -0.25) is 0 Å². The highest BCUT2D eigenvalue weighted by Crippen LogP contribution is 2.38. The normalized spacial score (nSPS) is 13.3. The molecule has 0 spiro atoms. The summed E-state index contributed by atoms with van der Waals surface area (Å²) in [6.07, 6.45) is 6.32. The molecule has 0 radical (unpaired) electrons. The number of nitrogens with one attached hydrogen (secondary N) is 2. The SMILES string of the molecule is COc1ccc(NC(=S)Nc2ncnc3sc4c(c23)CCCC4)cc1. The summed E-state index contributed by atoms with van der Waals surface area (Å²) >= 11 is 7.24. The number of hydrogen-bond donors (Lipinski definition) is 2. The fraction of sp³-hybridized carbons (Fsp3) is 0.278. The molecule has 0 saturated heterocycles. The van der Waals surface area contributed by atoms with Gasteiger partial charge in [0.15, 0.2) is 5.11 Å². The smallest absolute Gasteiger partial charge is 0.176 e. The van der Waals surface area contributed by atoms with E-state index in [-0.39, 0.29) is 0 Å². The van der Waals surface area contributed by atoms with Gasteiger partial charge in [0.05, 0.1) is 12.5 Å². The van der Waals surface area contributed by atoms with Gasteiger partial charge in [-0.1, -0.05) is 0 Å². The van der Waals surface area contributed by atoms with E-state index in [1.165, 1.54) is 23.3 Å². The van der Waals surface area contributed by atoms with Crippen molar-refractivity contribution < 1.29 is 4.74 Å². The summed E-state index contributed by atoms with van der Waals surface area (Å²) in [5.74, 6) is 1.60. The van der Waals surface area contributed by atoms with Crippen LogP contribution >= 0.6 is 23.6 Å². The van der Waals surface area contributed by atoms with Gasteiger partial charge in [-0.2, -0.15) is 0 Å². The molecule has 1 aliphatic rings. The molecule has 0 aliphatic heterocycles. The maximum absolute atomic E-state index is 5.46. The van der Waals surface area contributed by atoms with E-state index in [1.54, 1.807) is 24.8 Å². The lowest BCUT2D eigenvalue weighted by Crippen LogP contribution is -2.20. The molecule has 0 saturated carbocycles. The molecule has 3 aromatic rings. The van der Waals surface area contributed by atoms with Crippen molar-refractivity contribution in [1.82, 2.24) is 9.97 Å². The molecule has 7 heteroatoms. The molecule has 2 aromatic heterocycles. The van der Waals surface area contributed by atoms with Crippen molar-refractivity contribution in [3.63, 3.8) is 0 Å². The summed E-state index contributed by atoms with van der Waals surface area (Å²) in [5.41, 5.74) is 2.29. The summed E-state index contributed by atoms with van der Waals surface area (Å²) in [6.45, 7) is 0. The maximum atomic E-state index is 5.46. The monoisotopic (exact) mass is 370 g/mol. The van der Waals surface area contributed by atoms with Crippen LogP contribution in [0.25, 0.3) is 10.2 Å². The summed E-state index contributed by atoms with van der Waals surface area (Å²) in [7, 11) is 1.65. The zero-order chi connectivity index (χ0) is 17.2. The lowest BCUT2D eigenvalue weighted by molar-refractivity contribution is 0.415. The Morgan fingerprint density at radius 3 is 2.72 bits per heavy atom. The van der Waals surface area contributed by atoms with Crippen LogP contribution in [0, 0.1) is 0 Å². The molecule has 0 fully saturated rings. The third-order valence-corrected chi connectivity index (χ3v) is 5.74. The summed E-state index contributed by atoms with van der Waals surface area (Å²) in [6, 6.07) is 7.63. The third-order valence-electron chi connectivity index (χ3n) is 4.33. The Hall–Kier alpha value is -2.25. The topological polar surface area (TPSA) is 59.1 Å². The minimum atomic E-state index is 0.515. The molecule has 0 unspecified atom stereocenters. The predicted molar refractivity (Wildman–Crippen MR) is 107 cm³/mol. The Kier molecular flexibility index (Phi) is 4.50. The van der Waals surface area contributed by atoms with Crippen LogP contribution < -0.4 is 15.4 Å².